The topological polar surface area (TPSA) is 35.8 Å². The number of rotatable bonds is 3. The van der Waals surface area contributed by atoms with Gasteiger partial charge in [-0.3, -0.25) is 0 Å². The van der Waals surface area contributed by atoms with E-state index in [0.717, 1.165) is 5.69 Å². The Morgan fingerprint density at radius 1 is 0.952 bits per heavy atom. The van der Waals surface area contributed by atoms with Gasteiger partial charge in [-0.25, -0.2) is 0 Å². The lowest BCUT2D eigenvalue weighted by Gasteiger charge is -2.21. The SMILES string of the molecule is CC(Nc1ccc(C#N)cc1)c1ccc(C(C)(C)C)cc1. The van der Waals surface area contributed by atoms with Gasteiger partial charge in [-0.1, -0.05) is 45.0 Å². The number of anilines is 1. The molecule has 0 saturated carbocycles. The van der Waals surface area contributed by atoms with E-state index in [1.54, 1.807) is 0 Å². The van der Waals surface area contributed by atoms with Gasteiger partial charge in [0.1, 0.15) is 0 Å². The van der Waals surface area contributed by atoms with Crippen molar-refractivity contribution in [1.29, 1.82) is 5.26 Å². The molecule has 1 atom stereocenters. The van der Waals surface area contributed by atoms with Crippen molar-refractivity contribution in [3.8, 4) is 6.07 Å². The van der Waals surface area contributed by atoms with E-state index in [-0.39, 0.29) is 11.5 Å². The molecule has 21 heavy (non-hydrogen) atoms. The van der Waals surface area contributed by atoms with Crippen molar-refractivity contribution in [2.45, 2.75) is 39.2 Å². The Morgan fingerprint density at radius 3 is 2.00 bits per heavy atom. The first kappa shape index (κ1) is 15.1. The Kier molecular flexibility index (Phi) is 4.33. The molecule has 0 aliphatic carbocycles. The Balaban J connectivity index is 2.09. The third-order valence-corrected chi connectivity index (χ3v) is 3.67. The first-order valence-corrected chi connectivity index (χ1v) is 7.27. The third-order valence-electron chi connectivity index (χ3n) is 3.67. The van der Waals surface area contributed by atoms with Crippen LogP contribution in [0.1, 0.15) is 50.4 Å². The Morgan fingerprint density at radius 2 is 1.52 bits per heavy atom. The lowest BCUT2D eigenvalue weighted by atomic mass is 9.86. The first-order chi connectivity index (χ1) is 9.90. The van der Waals surface area contributed by atoms with Gasteiger partial charge in [-0.2, -0.15) is 5.26 Å². The summed E-state index contributed by atoms with van der Waals surface area (Å²) in [5, 5.41) is 12.3. The summed E-state index contributed by atoms with van der Waals surface area (Å²) >= 11 is 0. The van der Waals surface area contributed by atoms with Crippen molar-refractivity contribution >= 4 is 5.69 Å². The van der Waals surface area contributed by atoms with Crippen LogP contribution < -0.4 is 5.32 Å². The molecular formula is C19H22N2. The van der Waals surface area contributed by atoms with Crippen molar-refractivity contribution in [3.63, 3.8) is 0 Å². The molecule has 0 amide bonds. The van der Waals surface area contributed by atoms with Gasteiger partial charge in [0.25, 0.3) is 0 Å². The molecule has 2 rings (SSSR count). The fourth-order valence-corrected chi connectivity index (χ4v) is 2.25. The van der Waals surface area contributed by atoms with E-state index in [0.29, 0.717) is 5.56 Å². The van der Waals surface area contributed by atoms with Crippen molar-refractivity contribution in [1.82, 2.24) is 0 Å². The van der Waals surface area contributed by atoms with E-state index < -0.39 is 0 Å². The summed E-state index contributed by atoms with van der Waals surface area (Å²) < 4.78 is 0. The van der Waals surface area contributed by atoms with Crippen LogP contribution in [0.2, 0.25) is 0 Å². The maximum Gasteiger partial charge on any atom is 0.0991 e. The van der Waals surface area contributed by atoms with E-state index in [2.05, 4.69) is 63.3 Å². The van der Waals surface area contributed by atoms with E-state index in [9.17, 15) is 0 Å². The molecule has 2 nitrogen and oxygen atoms in total. The van der Waals surface area contributed by atoms with Crippen LogP contribution in [0.3, 0.4) is 0 Å². The van der Waals surface area contributed by atoms with E-state index in [1.807, 2.05) is 24.3 Å². The van der Waals surface area contributed by atoms with Gasteiger partial charge in [-0.05, 0) is 47.7 Å². The maximum atomic E-state index is 8.81. The van der Waals surface area contributed by atoms with Gasteiger partial charge in [0, 0.05) is 11.7 Å². The Labute approximate surface area is 127 Å². The van der Waals surface area contributed by atoms with Gasteiger partial charge < -0.3 is 5.32 Å². The standard InChI is InChI=1S/C19H22N2/c1-14(21-18-11-5-15(13-20)6-12-18)16-7-9-17(10-8-16)19(2,3)4/h5-12,14,21H,1-4H3. The fourth-order valence-electron chi connectivity index (χ4n) is 2.25. The molecule has 0 aromatic heterocycles. The molecule has 108 valence electrons. The van der Waals surface area contributed by atoms with E-state index >= 15 is 0 Å². The molecule has 2 aromatic rings. The molecule has 0 aliphatic heterocycles. The van der Waals surface area contributed by atoms with Crippen LogP contribution in [0, 0.1) is 11.3 Å². The summed E-state index contributed by atoms with van der Waals surface area (Å²) in [5.41, 5.74) is 4.50. The van der Waals surface area contributed by atoms with E-state index in [4.69, 9.17) is 5.26 Å². The van der Waals surface area contributed by atoms with Crippen LogP contribution in [0.15, 0.2) is 48.5 Å². The summed E-state index contributed by atoms with van der Waals surface area (Å²) in [6, 6.07) is 18.7. The smallest absolute Gasteiger partial charge is 0.0991 e. The summed E-state index contributed by atoms with van der Waals surface area (Å²) in [6.45, 7) is 8.81. The average Bonchev–Trinajstić information content (AvgIpc) is 2.47. The Bertz CT molecular complexity index is 625. The molecule has 2 heteroatoms. The largest absolute Gasteiger partial charge is 0.379 e. The number of nitrogens with one attached hydrogen (secondary N) is 1. The molecule has 1 N–H and O–H groups in total. The summed E-state index contributed by atoms with van der Waals surface area (Å²) in [5.74, 6) is 0. The van der Waals surface area contributed by atoms with Crippen LogP contribution in [-0.2, 0) is 5.41 Å². The molecule has 2 aromatic carbocycles. The van der Waals surface area contributed by atoms with Crippen molar-refractivity contribution < 1.29 is 0 Å². The highest BCUT2D eigenvalue weighted by Crippen LogP contribution is 2.25. The monoisotopic (exact) mass is 278 g/mol. The second-order valence-corrected chi connectivity index (χ2v) is 6.43. The lowest BCUT2D eigenvalue weighted by Crippen LogP contribution is -2.12. The average molecular weight is 278 g/mol. The van der Waals surface area contributed by atoms with Crippen LogP contribution in [0.4, 0.5) is 5.69 Å². The van der Waals surface area contributed by atoms with Gasteiger partial charge in [0.15, 0.2) is 0 Å². The normalized spacial score (nSPS) is 12.5. The summed E-state index contributed by atoms with van der Waals surface area (Å²) in [7, 11) is 0. The number of nitriles is 1. The van der Waals surface area contributed by atoms with E-state index in [1.165, 1.54) is 11.1 Å². The zero-order chi connectivity index (χ0) is 15.5. The minimum Gasteiger partial charge on any atom is -0.379 e. The minimum atomic E-state index is 0.183. The Hall–Kier alpha value is -2.27. The second kappa shape index (κ2) is 6.01. The summed E-state index contributed by atoms with van der Waals surface area (Å²) in [6.07, 6.45) is 0. The molecule has 0 spiro atoms. The van der Waals surface area contributed by atoms with Crippen molar-refractivity contribution in [3.05, 3.63) is 65.2 Å². The maximum absolute atomic E-state index is 8.81. The van der Waals surface area contributed by atoms with Crippen molar-refractivity contribution in [2.24, 2.45) is 0 Å². The van der Waals surface area contributed by atoms with Gasteiger partial charge in [-0.15, -0.1) is 0 Å². The van der Waals surface area contributed by atoms with Gasteiger partial charge in [0.2, 0.25) is 0 Å². The lowest BCUT2D eigenvalue weighted by molar-refractivity contribution is 0.589. The highest BCUT2D eigenvalue weighted by molar-refractivity contribution is 5.49. The number of hydrogen-bond donors (Lipinski definition) is 1. The summed E-state index contributed by atoms with van der Waals surface area (Å²) in [4.78, 5) is 0. The zero-order valence-electron chi connectivity index (χ0n) is 13.1. The molecular weight excluding hydrogens is 256 g/mol. The van der Waals surface area contributed by atoms with Crippen LogP contribution in [-0.4, -0.2) is 0 Å². The molecule has 0 radical (unpaired) electrons. The van der Waals surface area contributed by atoms with Crippen LogP contribution in [0.5, 0.6) is 0 Å². The van der Waals surface area contributed by atoms with Crippen LogP contribution in [0.25, 0.3) is 0 Å². The molecule has 1 unspecified atom stereocenters. The van der Waals surface area contributed by atoms with Crippen molar-refractivity contribution in [2.75, 3.05) is 5.32 Å². The predicted molar refractivity (Wildman–Crippen MR) is 88.3 cm³/mol. The molecule has 0 aliphatic rings. The minimum absolute atomic E-state index is 0.183. The fraction of sp³-hybridized carbons (Fsp3) is 0.316. The van der Waals surface area contributed by atoms with Crippen LogP contribution >= 0.6 is 0 Å². The highest BCUT2D eigenvalue weighted by Gasteiger charge is 2.14. The quantitative estimate of drug-likeness (QED) is 0.854. The van der Waals surface area contributed by atoms with Gasteiger partial charge in [0.05, 0.1) is 11.6 Å². The number of hydrogen-bond acceptors (Lipinski definition) is 2. The predicted octanol–water partition coefficient (Wildman–Crippen LogP) is 5.03. The molecule has 0 bridgehead atoms. The second-order valence-electron chi connectivity index (χ2n) is 6.43. The molecule has 0 heterocycles. The zero-order valence-corrected chi connectivity index (χ0v) is 13.1. The molecule has 0 fully saturated rings. The number of benzene rings is 2. The molecule has 0 saturated heterocycles. The highest BCUT2D eigenvalue weighted by atomic mass is 14.9. The number of nitrogens with zero attached hydrogens (tertiary/aromatic N) is 1. The van der Waals surface area contributed by atoms with Gasteiger partial charge >= 0.3 is 0 Å². The first-order valence-electron chi connectivity index (χ1n) is 7.27. The third kappa shape index (κ3) is 3.86.